The second-order valence-electron chi connectivity index (χ2n) is 9.54. The van der Waals surface area contributed by atoms with E-state index in [9.17, 15) is 4.79 Å². The molecular weight excluding hydrogens is 412 g/mol. The number of hydrogen-bond donors (Lipinski definition) is 0. The quantitative estimate of drug-likeness (QED) is 0.460. The van der Waals surface area contributed by atoms with Crippen LogP contribution in [-0.2, 0) is 11.2 Å². The highest BCUT2D eigenvalue weighted by atomic mass is 16.6. The molecule has 3 aromatic rings. The molecule has 1 saturated heterocycles. The van der Waals surface area contributed by atoms with Crippen LogP contribution in [0.25, 0.3) is 11.1 Å². The van der Waals surface area contributed by atoms with E-state index in [1.54, 1.807) is 11.1 Å². The minimum absolute atomic E-state index is 0.0536. The summed E-state index contributed by atoms with van der Waals surface area (Å²) in [5.74, 6) is 0.821. The second-order valence-corrected chi connectivity index (χ2v) is 9.54. The molecule has 0 aliphatic carbocycles. The number of likely N-dealkylation sites (tertiary alicyclic amines) is 1. The minimum atomic E-state index is -0.486. The van der Waals surface area contributed by atoms with Gasteiger partial charge in [0.2, 0.25) is 0 Å². The van der Waals surface area contributed by atoms with E-state index in [4.69, 9.17) is 9.47 Å². The number of hydrogen-bond acceptors (Lipinski definition) is 4. The van der Waals surface area contributed by atoms with Crippen molar-refractivity contribution >= 4 is 6.09 Å². The van der Waals surface area contributed by atoms with Crippen molar-refractivity contribution in [2.45, 2.75) is 51.7 Å². The first-order valence-corrected chi connectivity index (χ1v) is 11.6. The molecule has 1 fully saturated rings. The van der Waals surface area contributed by atoms with Crippen molar-refractivity contribution in [1.82, 2.24) is 9.88 Å². The third-order valence-electron chi connectivity index (χ3n) is 5.73. The van der Waals surface area contributed by atoms with E-state index in [1.807, 2.05) is 45.2 Å². The summed E-state index contributed by atoms with van der Waals surface area (Å²) in [5, 5.41) is 0. The zero-order valence-electron chi connectivity index (χ0n) is 19.7. The smallest absolute Gasteiger partial charge is 0.410 e. The van der Waals surface area contributed by atoms with Crippen LogP contribution in [0.4, 0.5) is 4.79 Å². The summed E-state index contributed by atoms with van der Waals surface area (Å²) in [5.41, 5.74) is 4.30. The first kappa shape index (κ1) is 22.8. The Bertz CT molecular complexity index is 1040. The average molecular weight is 445 g/mol. The fourth-order valence-corrected chi connectivity index (χ4v) is 4.05. The van der Waals surface area contributed by atoms with Crippen molar-refractivity contribution in [3.05, 3.63) is 84.2 Å². The first-order chi connectivity index (χ1) is 15.9. The SMILES string of the molecule is CC(C)(C)OC(=O)N1CCC[C@@H]1COc1ccc(Cc2ccc(-c3cccnc3)cc2)cc1. The summed E-state index contributed by atoms with van der Waals surface area (Å²) >= 11 is 0. The number of carbonyl (C=O) groups is 1. The van der Waals surface area contributed by atoms with Gasteiger partial charge in [-0.25, -0.2) is 4.79 Å². The fourth-order valence-electron chi connectivity index (χ4n) is 4.05. The van der Waals surface area contributed by atoms with Gasteiger partial charge in [-0.1, -0.05) is 42.5 Å². The Morgan fingerprint density at radius 1 is 1.00 bits per heavy atom. The lowest BCUT2D eigenvalue weighted by Gasteiger charge is -2.28. The van der Waals surface area contributed by atoms with Crippen molar-refractivity contribution in [1.29, 1.82) is 0 Å². The van der Waals surface area contributed by atoms with Gasteiger partial charge in [0, 0.05) is 18.9 Å². The normalized spacial score (nSPS) is 16.0. The fraction of sp³-hybridized carbons (Fsp3) is 0.357. The predicted molar refractivity (Wildman–Crippen MR) is 130 cm³/mol. The molecule has 33 heavy (non-hydrogen) atoms. The zero-order chi connectivity index (χ0) is 23.3. The van der Waals surface area contributed by atoms with Crippen LogP contribution in [0.5, 0.6) is 5.75 Å². The molecule has 1 amide bonds. The van der Waals surface area contributed by atoms with E-state index >= 15 is 0 Å². The van der Waals surface area contributed by atoms with Crippen molar-refractivity contribution in [3.63, 3.8) is 0 Å². The summed E-state index contributed by atoms with van der Waals surface area (Å²) in [6.07, 6.45) is 6.20. The minimum Gasteiger partial charge on any atom is -0.491 e. The molecule has 1 atom stereocenters. The van der Waals surface area contributed by atoms with Crippen LogP contribution in [0.2, 0.25) is 0 Å². The number of rotatable bonds is 6. The number of carbonyl (C=O) groups excluding carboxylic acids is 1. The van der Waals surface area contributed by atoms with Crippen LogP contribution >= 0.6 is 0 Å². The molecule has 5 heteroatoms. The molecule has 1 aromatic heterocycles. The number of pyridine rings is 1. The van der Waals surface area contributed by atoms with Crippen LogP contribution in [0.15, 0.2) is 73.1 Å². The Kier molecular flexibility index (Phi) is 6.97. The molecule has 172 valence electrons. The maximum atomic E-state index is 12.4. The largest absolute Gasteiger partial charge is 0.491 e. The number of nitrogens with zero attached hydrogens (tertiary/aromatic N) is 2. The Balaban J connectivity index is 1.30. The first-order valence-electron chi connectivity index (χ1n) is 11.6. The molecule has 0 bridgehead atoms. The molecule has 1 aliphatic rings. The van der Waals surface area contributed by atoms with Gasteiger partial charge in [-0.05, 0) is 80.5 Å². The number of aromatic nitrogens is 1. The second kappa shape index (κ2) is 10.1. The third kappa shape index (κ3) is 6.35. The highest BCUT2D eigenvalue weighted by Gasteiger charge is 2.32. The Hall–Kier alpha value is -3.34. The van der Waals surface area contributed by atoms with Gasteiger partial charge in [-0.3, -0.25) is 4.98 Å². The van der Waals surface area contributed by atoms with Gasteiger partial charge in [-0.15, -0.1) is 0 Å². The van der Waals surface area contributed by atoms with Gasteiger partial charge in [0.15, 0.2) is 0 Å². The van der Waals surface area contributed by atoms with E-state index in [2.05, 4.69) is 47.4 Å². The molecule has 2 heterocycles. The van der Waals surface area contributed by atoms with E-state index in [-0.39, 0.29) is 12.1 Å². The monoisotopic (exact) mass is 444 g/mol. The van der Waals surface area contributed by atoms with Crippen LogP contribution < -0.4 is 4.74 Å². The van der Waals surface area contributed by atoms with Gasteiger partial charge in [-0.2, -0.15) is 0 Å². The van der Waals surface area contributed by atoms with Gasteiger partial charge in [0.1, 0.15) is 18.0 Å². The Morgan fingerprint density at radius 3 is 2.33 bits per heavy atom. The highest BCUT2D eigenvalue weighted by Crippen LogP contribution is 2.23. The van der Waals surface area contributed by atoms with Gasteiger partial charge < -0.3 is 14.4 Å². The number of benzene rings is 2. The molecule has 0 spiro atoms. The Morgan fingerprint density at radius 2 is 1.70 bits per heavy atom. The highest BCUT2D eigenvalue weighted by molar-refractivity contribution is 5.69. The summed E-state index contributed by atoms with van der Waals surface area (Å²) in [4.78, 5) is 18.4. The van der Waals surface area contributed by atoms with Crippen molar-refractivity contribution < 1.29 is 14.3 Å². The number of amides is 1. The van der Waals surface area contributed by atoms with Gasteiger partial charge in [0.05, 0.1) is 6.04 Å². The summed E-state index contributed by atoms with van der Waals surface area (Å²) in [7, 11) is 0. The van der Waals surface area contributed by atoms with Gasteiger partial charge >= 0.3 is 6.09 Å². The van der Waals surface area contributed by atoms with Crippen molar-refractivity contribution in [3.8, 4) is 16.9 Å². The maximum Gasteiger partial charge on any atom is 0.410 e. The molecule has 0 N–H and O–H groups in total. The lowest BCUT2D eigenvalue weighted by molar-refractivity contribution is 0.0187. The maximum absolute atomic E-state index is 12.4. The lowest BCUT2D eigenvalue weighted by Crippen LogP contribution is -2.42. The molecule has 2 aromatic carbocycles. The van der Waals surface area contributed by atoms with Crippen molar-refractivity contribution in [2.24, 2.45) is 0 Å². The summed E-state index contributed by atoms with van der Waals surface area (Å²) < 4.78 is 11.6. The zero-order valence-corrected chi connectivity index (χ0v) is 19.7. The molecule has 4 rings (SSSR count). The summed E-state index contributed by atoms with van der Waals surface area (Å²) in [6, 6.07) is 20.9. The standard InChI is InChI=1S/C28H32N2O3/c1-28(2,3)33-27(31)30-17-5-7-25(30)20-32-26-14-10-22(11-15-26)18-21-8-12-23(13-9-21)24-6-4-16-29-19-24/h4,6,8-16,19,25H,5,7,17-18,20H2,1-3H3/t25-/m1/s1. The van der Waals surface area contributed by atoms with Crippen LogP contribution in [0.1, 0.15) is 44.7 Å². The molecule has 5 nitrogen and oxygen atoms in total. The van der Waals surface area contributed by atoms with Crippen LogP contribution in [0.3, 0.4) is 0 Å². The Labute approximate surface area is 196 Å². The molecule has 0 saturated carbocycles. The van der Waals surface area contributed by atoms with Crippen LogP contribution in [0, 0.1) is 0 Å². The van der Waals surface area contributed by atoms with E-state index < -0.39 is 5.60 Å². The van der Waals surface area contributed by atoms with E-state index in [0.29, 0.717) is 6.61 Å². The molecule has 0 unspecified atom stereocenters. The van der Waals surface area contributed by atoms with E-state index in [0.717, 1.165) is 37.1 Å². The molecule has 0 radical (unpaired) electrons. The molecular formula is C28H32N2O3. The topological polar surface area (TPSA) is 51.7 Å². The summed E-state index contributed by atoms with van der Waals surface area (Å²) in [6.45, 7) is 6.88. The average Bonchev–Trinajstić information content (AvgIpc) is 3.28. The third-order valence-corrected chi connectivity index (χ3v) is 5.73. The molecule has 1 aliphatic heterocycles. The predicted octanol–water partition coefficient (Wildman–Crippen LogP) is 6.12. The number of ether oxygens (including phenoxy) is 2. The van der Waals surface area contributed by atoms with E-state index in [1.165, 1.54) is 16.7 Å². The lowest BCUT2D eigenvalue weighted by atomic mass is 10.0. The van der Waals surface area contributed by atoms with Gasteiger partial charge in [0.25, 0.3) is 0 Å². The van der Waals surface area contributed by atoms with Crippen molar-refractivity contribution in [2.75, 3.05) is 13.2 Å². The van der Waals surface area contributed by atoms with Crippen LogP contribution in [-0.4, -0.2) is 40.8 Å².